The number of amides is 1. The minimum atomic E-state index is -0.438. The first-order chi connectivity index (χ1) is 12.7. The Hall–Kier alpha value is -2.51. The molecule has 0 saturated heterocycles. The van der Waals surface area contributed by atoms with E-state index in [0.717, 1.165) is 16.1 Å². The van der Waals surface area contributed by atoms with Crippen LogP contribution in [0.2, 0.25) is 0 Å². The molecule has 2 aromatic heterocycles. The largest absolute Gasteiger partial charge is 0.468 e. The van der Waals surface area contributed by atoms with Crippen LogP contribution in [0.15, 0.2) is 52.5 Å². The Morgan fingerprint density at radius 1 is 1.15 bits per heavy atom. The zero-order valence-corrected chi connectivity index (χ0v) is 15.9. The van der Waals surface area contributed by atoms with Crippen LogP contribution in [0.1, 0.15) is 11.3 Å². The van der Waals surface area contributed by atoms with Gasteiger partial charge in [0.1, 0.15) is 11.6 Å². The number of hydrogen-bond donors (Lipinski definition) is 0. The first-order valence-corrected chi connectivity index (χ1v) is 9.83. The molecular formula is C19H18N2O3S2. The van der Waals surface area contributed by atoms with Crippen molar-refractivity contribution in [2.24, 2.45) is 0 Å². The molecule has 1 amide bonds. The van der Waals surface area contributed by atoms with Crippen molar-refractivity contribution < 1.29 is 14.3 Å². The molecule has 0 aliphatic carbocycles. The summed E-state index contributed by atoms with van der Waals surface area (Å²) >= 11 is 3.13. The number of aromatic nitrogens is 1. The summed E-state index contributed by atoms with van der Waals surface area (Å²) in [6.07, 6.45) is 0.157. The second-order valence-corrected chi connectivity index (χ2v) is 7.28. The molecule has 0 radical (unpaired) electrons. The van der Waals surface area contributed by atoms with Gasteiger partial charge in [0.15, 0.2) is 0 Å². The second-order valence-electron chi connectivity index (χ2n) is 5.64. The van der Waals surface area contributed by atoms with Gasteiger partial charge in [-0.25, -0.2) is 4.98 Å². The SMILES string of the molecule is COC(=O)CN(Cc1ccccc1)C(=O)Cc1csc(-c2ccsc2)n1. The normalized spacial score (nSPS) is 10.5. The molecule has 0 fully saturated rings. The lowest BCUT2D eigenvalue weighted by Crippen LogP contribution is -2.36. The van der Waals surface area contributed by atoms with Crippen LogP contribution >= 0.6 is 22.7 Å². The maximum absolute atomic E-state index is 12.7. The number of benzene rings is 1. The molecule has 0 N–H and O–H groups in total. The summed E-state index contributed by atoms with van der Waals surface area (Å²) in [5, 5.41) is 6.82. The fraction of sp³-hybridized carbons (Fsp3) is 0.211. The van der Waals surface area contributed by atoms with Gasteiger partial charge in [0.25, 0.3) is 0 Å². The number of thiophene rings is 1. The van der Waals surface area contributed by atoms with Crippen molar-refractivity contribution in [3.63, 3.8) is 0 Å². The van der Waals surface area contributed by atoms with Crippen LogP contribution in [-0.4, -0.2) is 35.4 Å². The minimum Gasteiger partial charge on any atom is -0.468 e. The fourth-order valence-electron chi connectivity index (χ4n) is 2.43. The molecule has 5 nitrogen and oxygen atoms in total. The lowest BCUT2D eigenvalue weighted by molar-refractivity contribution is -0.147. The molecule has 26 heavy (non-hydrogen) atoms. The van der Waals surface area contributed by atoms with E-state index in [1.807, 2.05) is 52.5 Å². The van der Waals surface area contributed by atoms with Gasteiger partial charge in [-0.2, -0.15) is 11.3 Å². The molecule has 0 saturated carbocycles. The Labute approximate surface area is 159 Å². The van der Waals surface area contributed by atoms with Crippen molar-refractivity contribution in [1.82, 2.24) is 9.88 Å². The van der Waals surface area contributed by atoms with Crippen molar-refractivity contribution in [3.8, 4) is 10.6 Å². The average molecular weight is 386 g/mol. The summed E-state index contributed by atoms with van der Waals surface area (Å²) in [4.78, 5) is 30.5. The topological polar surface area (TPSA) is 59.5 Å². The number of hydrogen-bond acceptors (Lipinski definition) is 6. The van der Waals surface area contributed by atoms with Crippen LogP contribution in [0.3, 0.4) is 0 Å². The monoisotopic (exact) mass is 386 g/mol. The van der Waals surface area contributed by atoms with Crippen molar-refractivity contribution in [2.75, 3.05) is 13.7 Å². The quantitative estimate of drug-likeness (QED) is 0.582. The zero-order chi connectivity index (χ0) is 18.4. The summed E-state index contributed by atoms with van der Waals surface area (Å²) < 4.78 is 4.73. The Morgan fingerprint density at radius 2 is 1.96 bits per heavy atom. The van der Waals surface area contributed by atoms with Crippen LogP contribution < -0.4 is 0 Å². The third kappa shape index (κ3) is 4.77. The number of methoxy groups -OCH3 is 1. The fourth-order valence-corrected chi connectivity index (χ4v) is 3.96. The molecule has 7 heteroatoms. The van der Waals surface area contributed by atoms with Gasteiger partial charge in [-0.05, 0) is 17.0 Å². The van der Waals surface area contributed by atoms with Gasteiger partial charge >= 0.3 is 5.97 Å². The number of thiazole rings is 1. The van der Waals surface area contributed by atoms with Gasteiger partial charge in [-0.15, -0.1) is 11.3 Å². The molecular weight excluding hydrogens is 368 g/mol. The summed E-state index contributed by atoms with van der Waals surface area (Å²) in [7, 11) is 1.32. The van der Waals surface area contributed by atoms with E-state index in [0.29, 0.717) is 12.2 Å². The molecule has 3 rings (SSSR count). The van der Waals surface area contributed by atoms with E-state index in [9.17, 15) is 9.59 Å². The molecule has 0 spiro atoms. The van der Waals surface area contributed by atoms with Crippen molar-refractivity contribution in [3.05, 3.63) is 63.8 Å². The number of nitrogens with zero attached hydrogens (tertiary/aromatic N) is 2. The van der Waals surface area contributed by atoms with E-state index in [-0.39, 0.29) is 18.9 Å². The van der Waals surface area contributed by atoms with E-state index in [4.69, 9.17) is 4.74 Å². The maximum Gasteiger partial charge on any atom is 0.325 e. The van der Waals surface area contributed by atoms with Gasteiger partial charge in [0.05, 0.1) is 19.2 Å². The van der Waals surface area contributed by atoms with Crippen LogP contribution in [0.5, 0.6) is 0 Å². The molecule has 0 aliphatic heterocycles. The van der Waals surface area contributed by atoms with E-state index in [1.54, 1.807) is 11.3 Å². The third-order valence-electron chi connectivity index (χ3n) is 3.77. The Morgan fingerprint density at radius 3 is 2.65 bits per heavy atom. The highest BCUT2D eigenvalue weighted by molar-refractivity contribution is 7.14. The van der Waals surface area contributed by atoms with Gasteiger partial charge in [-0.1, -0.05) is 30.3 Å². The van der Waals surface area contributed by atoms with Gasteiger partial charge in [-0.3, -0.25) is 9.59 Å². The molecule has 0 atom stereocenters. The molecule has 134 valence electrons. The van der Waals surface area contributed by atoms with Gasteiger partial charge < -0.3 is 9.64 Å². The third-order valence-corrected chi connectivity index (χ3v) is 5.39. The lowest BCUT2D eigenvalue weighted by atomic mass is 10.2. The van der Waals surface area contributed by atoms with E-state index >= 15 is 0 Å². The minimum absolute atomic E-state index is 0.0776. The van der Waals surface area contributed by atoms with Crippen molar-refractivity contribution >= 4 is 34.6 Å². The Bertz CT molecular complexity index is 860. The molecule has 0 bridgehead atoms. The molecule has 0 aliphatic rings. The summed E-state index contributed by atoms with van der Waals surface area (Å²) in [5.74, 6) is -0.590. The zero-order valence-electron chi connectivity index (χ0n) is 14.3. The molecule has 1 aromatic carbocycles. The first-order valence-electron chi connectivity index (χ1n) is 8.01. The van der Waals surface area contributed by atoms with Crippen molar-refractivity contribution in [2.45, 2.75) is 13.0 Å². The molecule has 2 heterocycles. The molecule has 3 aromatic rings. The van der Waals surface area contributed by atoms with Crippen molar-refractivity contribution in [1.29, 1.82) is 0 Å². The number of carbonyl (C=O) groups is 2. The van der Waals surface area contributed by atoms with E-state index in [1.165, 1.54) is 23.3 Å². The average Bonchev–Trinajstić information content (AvgIpc) is 3.33. The van der Waals surface area contributed by atoms with E-state index in [2.05, 4.69) is 4.98 Å². The van der Waals surface area contributed by atoms with Gasteiger partial charge in [0.2, 0.25) is 5.91 Å². The number of rotatable bonds is 7. The Kier molecular flexibility index (Phi) is 6.14. The predicted molar refractivity (Wildman–Crippen MR) is 103 cm³/mol. The predicted octanol–water partition coefficient (Wildman–Crippen LogP) is 3.62. The highest BCUT2D eigenvalue weighted by Crippen LogP contribution is 2.26. The number of esters is 1. The van der Waals surface area contributed by atoms with Gasteiger partial charge in [0, 0.05) is 22.9 Å². The lowest BCUT2D eigenvalue weighted by Gasteiger charge is -2.21. The highest BCUT2D eigenvalue weighted by Gasteiger charge is 2.19. The van der Waals surface area contributed by atoms with Crippen LogP contribution in [0.4, 0.5) is 0 Å². The smallest absolute Gasteiger partial charge is 0.325 e. The summed E-state index contributed by atoms with van der Waals surface area (Å²) in [6.45, 7) is 0.280. The first kappa shape index (κ1) is 18.3. The van der Waals surface area contributed by atoms with Crippen LogP contribution in [-0.2, 0) is 27.3 Å². The summed E-state index contributed by atoms with van der Waals surface area (Å²) in [5.41, 5.74) is 2.74. The maximum atomic E-state index is 12.7. The standard InChI is InChI=1S/C19H18N2O3S2/c1-24-18(23)11-21(10-14-5-3-2-4-6-14)17(22)9-16-13-26-19(20-16)15-7-8-25-12-15/h2-8,12-13H,9-11H2,1H3. The number of ether oxygens (including phenoxy) is 1. The Balaban J connectivity index is 1.71. The van der Waals surface area contributed by atoms with Crippen LogP contribution in [0.25, 0.3) is 10.6 Å². The number of carbonyl (C=O) groups excluding carboxylic acids is 2. The van der Waals surface area contributed by atoms with Crippen LogP contribution in [0, 0.1) is 0 Å². The second kappa shape index (κ2) is 8.73. The summed E-state index contributed by atoms with van der Waals surface area (Å²) in [6, 6.07) is 11.6. The highest BCUT2D eigenvalue weighted by atomic mass is 32.1. The van der Waals surface area contributed by atoms with E-state index < -0.39 is 5.97 Å². The molecule has 0 unspecified atom stereocenters.